The summed E-state index contributed by atoms with van der Waals surface area (Å²) in [6, 6.07) is 12.4. The third kappa shape index (κ3) is 4.66. The monoisotopic (exact) mass is 591 g/mol. The maximum absolute atomic E-state index is 12.5. The van der Waals surface area contributed by atoms with E-state index >= 15 is 0 Å². The van der Waals surface area contributed by atoms with Gasteiger partial charge < -0.3 is 20.4 Å². The molecule has 0 spiro atoms. The number of carboxylic acids is 1. The minimum Gasteiger partial charge on any atom is -0.507 e. The number of aliphatic hydroxyl groups is 1. The second-order valence-corrected chi connectivity index (χ2v) is 9.36. The molecule has 174 valence electrons. The number of hydrogen-bond donors (Lipinski definition) is 4. The molecule has 8 nitrogen and oxygen atoms in total. The van der Waals surface area contributed by atoms with Crippen molar-refractivity contribution in [2.45, 2.75) is 6.04 Å². The van der Waals surface area contributed by atoms with E-state index in [2.05, 4.69) is 33.2 Å². The molecule has 1 aliphatic heterocycles. The molecule has 2 aromatic rings. The highest BCUT2D eigenvalue weighted by atomic mass is 127. The minimum atomic E-state index is -1.18. The number of benzene rings is 2. The average molecular weight is 592 g/mol. The first-order valence-electron chi connectivity index (χ1n) is 10.1. The van der Waals surface area contributed by atoms with Crippen molar-refractivity contribution >= 4 is 63.5 Å². The molecule has 4 rings (SSSR count). The van der Waals surface area contributed by atoms with Crippen LogP contribution in [0, 0.1) is 5.92 Å². The van der Waals surface area contributed by atoms with Crippen molar-refractivity contribution in [2.75, 3.05) is 12.4 Å². The molecule has 1 heterocycles. The molecule has 2 atom stereocenters. The highest BCUT2D eigenvalue weighted by molar-refractivity contribution is 14.1. The van der Waals surface area contributed by atoms with E-state index < -0.39 is 17.9 Å². The smallest absolute Gasteiger partial charge is 0.339 e. The number of nitrogens with one attached hydrogen (secondary N) is 2. The van der Waals surface area contributed by atoms with E-state index in [1.807, 2.05) is 11.9 Å². The molecule has 0 saturated heterocycles. The van der Waals surface area contributed by atoms with Crippen LogP contribution in [0.25, 0.3) is 5.70 Å². The normalized spacial score (nSPS) is 19.2. The van der Waals surface area contributed by atoms with Gasteiger partial charge in [0.05, 0.1) is 17.3 Å². The predicted molar refractivity (Wildman–Crippen MR) is 137 cm³/mol. The summed E-state index contributed by atoms with van der Waals surface area (Å²) in [7, 11) is 1.86. The third-order valence-electron chi connectivity index (χ3n) is 5.60. The van der Waals surface area contributed by atoms with Crippen molar-refractivity contribution in [1.82, 2.24) is 10.2 Å². The Labute approximate surface area is 213 Å². The maximum atomic E-state index is 12.5. The fourth-order valence-electron chi connectivity index (χ4n) is 3.98. The zero-order valence-corrected chi connectivity index (χ0v) is 20.7. The lowest BCUT2D eigenvalue weighted by atomic mass is 9.91. The second-order valence-electron chi connectivity index (χ2n) is 7.76. The standard InChI is InChI=1S/C24H19ClIN3O5/c1-29-18-11-19(30)17(23(32)33)10-16(18)20(26)21(29)12-5-7-13(8-6-12)22(31)28-24(34)27-15-4-2-3-14(25)9-15/h2-11,16,18,30H,1H3,(H,32,33)(H2,27,28,31,34). The van der Waals surface area contributed by atoms with Crippen molar-refractivity contribution in [3.63, 3.8) is 0 Å². The number of carboxylic acid groups (broad SMARTS) is 1. The molecule has 0 fully saturated rings. The molecular formula is C24H19ClIN3O5. The fraction of sp³-hybridized carbons (Fsp3) is 0.125. The fourth-order valence-corrected chi connectivity index (χ4v) is 5.41. The zero-order chi connectivity index (χ0) is 24.6. The number of anilines is 1. The lowest BCUT2D eigenvalue weighted by molar-refractivity contribution is -0.132. The number of urea groups is 1. The Kier molecular flexibility index (Phi) is 6.67. The molecule has 2 unspecified atom stereocenters. The Morgan fingerprint density at radius 3 is 2.44 bits per heavy atom. The van der Waals surface area contributed by atoms with Crippen LogP contribution < -0.4 is 10.6 Å². The Morgan fingerprint density at radius 1 is 1.09 bits per heavy atom. The van der Waals surface area contributed by atoms with Crippen molar-refractivity contribution in [2.24, 2.45) is 5.92 Å². The van der Waals surface area contributed by atoms with E-state index in [0.29, 0.717) is 16.3 Å². The molecule has 0 aromatic heterocycles. The number of hydrogen-bond acceptors (Lipinski definition) is 5. The first-order valence-corrected chi connectivity index (χ1v) is 11.6. The molecule has 3 amide bonds. The highest BCUT2D eigenvalue weighted by Gasteiger charge is 2.40. The topological polar surface area (TPSA) is 119 Å². The number of likely N-dealkylation sites (N-methyl/N-ethyl adjacent to an activating group) is 1. The van der Waals surface area contributed by atoms with E-state index in [4.69, 9.17) is 11.6 Å². The molecule has 0 bridgehead atoms. The molecular weight excluding hydrogens is 573 g/mol. The van der Waals surface area contributed by atoms with Crippen LogP contribution in [0.3, 0.4) is 0 Å². The van der Waals surface area contributed by atoms with E-state index in [0.717, 1.165) is 14.8 Å². The van der Waals surface area contributed by atoms with Gasteiger partial charge in [0.15, 0.2) is 0 Å². The van der Waals surface area contributed by atoms with E-state index in [-0.39, 0.29) is 23.3 Å². The van der Waals surface area contributed by atoms with Crippen LogP contribution in [-0.2, 0) is 4.79 Å². The van der Waals surface area contributed by atoms with Gasteiger partial charge >= 0.3 is 12.0 Å². The molecule has 2 aromatic carbocycles. The SMILES string of the molecule is CN1C(c2ccc(C(=O)NC(=O)Nc3cccc(Cl)c3)cc2)=C(I)C2C=C(C(=O)O)C(O)=CC21. The first kappa shape index (κ1) is 23.8. The van der Waals surface area contributed by atoms with Crippen LogP contribution in [0.5, 0.6) is 0 Å². The Hall–Kier alpha value is -3.31. The number of aliphatic carboxylic acids is 1. The molecule has 4 N–H and O–H groups in total. The van der Waals surface area contributed by atoms with Gasteiger partial charge in [-0.25, -0.2) is 9.59 Å². The summed E-state index contributed by atoms with van der Waals surface area (Å²) < 4.78 is 0.922. The minimum absolute atomic E-state index is 0.117. The molecule has 34 heavy (non-hydrogen) atoms. The summed E-state index contributed by atoms with van der Waals surface area (Å²) in [5.41, 5.74) is 2.32. The number of carbonyl (C=O) groups excluding carboxylic acids is 2. The number of amides is 3. The summed E-state index contributed by atoms with van der Waals surface area (Å²) in [6.07, 6.45) is 3.11. The van der Waals surface area contributed by atoms with Gasteiger partial charge in [-0.05, 0) is 64.6 Å². The van der Waals surface area contributed by atoms with Crippen LogP contribution in [-0.4, -0.2) is 46.1 Å². The van der Waals surface area contributed by atoms with Crippen LogP contribution in [0.4, 0.5) is 10.5 Å². The Bertz CT molecular complexity index is 1290. The van der Waals surface area contributed by atoms with Gasteiger partial charge in [0.2, 0.25) is 0 Å². The van der Waals surface area contributed by atoms with Crippen LogP contribution in [0.15, 0.2) is 75.6 Å². The number of imide groups is 1. The van der Waals surface area contributed by atoms with Gasteiger partial charge in [-0.15, -0.1) is 0 Å². The summed E-state index contributed by atoms with van der Waals surface area (Å²) in [5.74, 6) is -2.21. The molecule has 0 saturated carbocycles. The Morgan fingerprint density at radius 2 is 1.79 bits per heavy atom. The van der Waals surface area contributed by atoms with Crippen LogP contribution in [0.2, 0.25) is 5.02 Å². The molecule has 0 radical (unpaired) electrons. The number of nitrogens with zero attached hydrogens (tertiary/aromatic N) is 1. The van der Waals surface area contributed by atoms with Crippen LogP contribution in [0.1, 0.15) is 15.9 Å². The summed E-state index contributed by atoms with van der Waals surface area (Å²) in [6.45, 7) is 0. The lowest BCUT2D eigenvalue weighted by Gasteiger charge is -2.28. The van der Waals surface area contributed by atoms with Gasteiger partial charge in [0.25, 0.3) is 5.91 Å². The number of fused-ring (bicyclic) bond motifs is 1. The average Bonchev–Trinajstić information content (AvgIpc) is 3.02. The summed E-state index contributed by atoms with van der Waals surface area (Å²) in [4.78, 5) is 38.0. The first-order chi connectivity index (χ1) is 16.2. The largest absolute Gasteiger partial charge is 0.507 e. The molecule has 2 aliphatic rings. The summed E-state index contributed by atoms with van der Waals surface area (Å²) >= 11 is 8.08. The molecule has 1 aliphatic carbocycles. The highest BCUT2D eigenvalue weighted by Crippen LogP contribution is 2.46. The van der Waals surface area contributed by atoms with Crippen molar-refractivity contribution < 1.29 is 24.6 Å². The number of halogens is 2. The zero-order valence-electron chi connectivity index (χ0n) is 17.8. The van der Waals surface area contributed by atoms with E-state index in [9.17, 15) is 24.6 Å². The van der Waals surface area contributed by atoms with E-state index in [1.165, 1.54) is 0 Å². The van der Waals surface area contributed by atoms with Crippen LogP contribution >= 0.6 is 34.2 Å². The number of rotatable bonds is 4. The van der Waals surface area contributed by atoms with Crippen molar-refractivity contribution in [3.05, 3.63) is 91.7 Å². The van der Waals surface area contributed by atoms with Crippen molar-refractivity contribution in [1.29, 1.82) is 0 Å². The second kappa shape index (κ2) is 9.51. The molecule has 10 heteroatoms. The van der Waals surface area contributed by atoms with E-state index in [1.54, 1.807) is 60.7 Å². The predicted octanol–water partition coefficient (Wildman–Crippen LogP) is 4.80. The Balaban J connectivity index is 1.49. The quantitative estimate of drug-likeness (QED) is 0.379. The maximum Gasteiger partial charge on any atom is 0.339 e. The van der Waals surface area contributed by atoms with Gasteiger partial charge in [0, 0.05) is 32.8 Å². The van der Waals surface area contributed by atoms with Gasteiger partial charge in [-0.3, -0.25) is 10.1 Å². The number of carbonyl (C=O) groups is 3. The number of aliphatic hydroxyl groups excluding tert-OH is 1. The van der Waals surface area contributed by atoms with Gasteiger partial charge in [-0.2, -0.15) is 0 Å². The summed E-state index contributed by atoms with van der Waals surface area (Å²) in [5, 5.41) is 24.7. The lowest BCUT2D eigenvalue weighted by Crippen LogP contribution is -2.34. The van der Waals surface area contributed by atoms with Gasteiger partial charge in [-0.1, -0.05) is 35.9 Å². The van der Waals surface area contributed by atoms with Crippen molar-refractivity contribution in [3.8, 4) is 0 Å². The van der Waals surface area contributed by atoms with Gasteiger partial charge in [0.1, 0.15) is 5.76 Å². The third-order valence-corrected chi connectivity index (χ3v) is 7.06.